The van der Waals surface area contributed by atoms with Crippen molar-refractivity contribution in [2.75, 3.05) is 27.5 Å². The highest BCUT2D eigenvalue weighted by molar-refractivity contribution is 5.92. The molecule has 0 saturated carbocycles. The number of fused-ring (bicyclic) bond motifs is 1. The molecule has 0 saturated heterocycles. The van der Waals surface area contributed by atoms with Crippen LogP contribution in [0.3, 0.4) is 0 Å². The van der Waals surface area contributed by atoms with Crippen LogP contribution in [0.15, 0.2) is 12.1 Å². The topological polar surface area (TPSA) is 85.3 Å². The van der Waals surface area contributed by atoms with E-state index in [1.54, 1.807) is 14.1 Å². The lowest BCUT2D eigenvalue weighted by molar-refractivity contribution is -0.128. The van der Waals surface area contributed by atoms with Crippen molar-refractivity contribution in [3.05, 3.63) is 17.7 Å². The van der Waals surface area contributed by atoms with E-state index >= 15 is 0 Å². The Labute approximate surface area is 122 Å². The summed E-state index contributed by atoms with van der Waals surface area (Å²) in [5.41, 5.74) is 0.0122. The Bertz CT molecular complexity index is 555. The molecule has 21 heavy (non-hydrogen) atoms. The summed E-state index contributed by atoms with van der Waals surface area (Å²) in [6.07, 6.45) is 0.852. The zero-order valence-electron chi connectivity index (χ0n) is 11.9. The fourth-order valence-corrected chi connectivity index (χ4v) is 1.84. The highest BCUT2D eigenvalue weighted by Crippen LogP contribution is 2.38. The smallest absolute Gasteiger partial charge is 0.339 e. The molecule has 1 aromatic rings. The van der Waals surface area contributed by atoms with Crippen LogP contribution in [0.1, 0.15) is 23.2 Å². The van der Waals surface area contributed by atoms with Crippen LogP contribution in [0.2, 0.25) is 0 Å². The molecule has 0 atom stereocenters. The lowest BCUT2D eigenvalue weighted by atomic mass is 10.1. The molecule has 1 aliphatic rings. The largest absolute Gasteiger partial charge is 0.493 e. The van der Waals surface area contributed by atoms with Gasteiger partial charge in [-0.1, -0.05) is 0 Å². The molecule has 0 aliphatic carbocycles. The number of hydrogen-bond donors (Lipinski definition) is 1. The number of carbonyl (C=O) groups is 2. The van der Waals surface area contributed by atoms with Gasteiger partial charge in [-0.05, 0) is 6.42 Å². The summed E-state index contributed by atoms with van der Waals surface area (Å²) < 4.78 is 15.8. The second kappa shape index (κ2) is 6.34. The van der Waals surface area contributed by atoms with Crippen LogP contribution in [-0.4, -0.2) is 49.4 Å². The molecule has 7 heteroatoms. The summed E-state index contributed by atoms with van der Waals surface area (Å²) in [6, 6.07) is 2.88. The van der Waals surface area contributed by atoms with Gasteiger partial charge in [0.1, 0.15) is 11.3 Å². The number of carbonyl (C=O) groups excluding carboxylic acids is 1. The molecule has 0 aromatic heterocycles. The van der Waals surface area contributed by atoms with Crippen LogP contribution >= 0.6 is 0 Å². The standard InChI is InChI=1S/C14H17NO6/c1-15(2)13(16)4-3-5-19-10-7-12-11(20-8-21-12)6-9(10)14(17)18/h6-7H,3-5,8H2,1-2H3,(H,17,18). The van der Waals surface area contributed by atoms with Gasteiger partial charge in [-0.25, -0.2) is 4.79 Å². The molecule has 0 radical (unpaired) electrons. The summed E-state index contributed by atoms with van der Waals surface area (Å²) in [5, 5.41) is 9.18. The third kappa shape index (κ3) is 3.56. The molecule has 1 aromatic carbocycles. The Morgan fingerprint density at radius 3 is 2.57 bits per heavy atom. The lowest BCUT2D eigenvalue weighted by Gasteiger charge is -2.12. The molecule has 114 valence electrons. The number of rotatable bonds is 6. The quantitative estimate of drug-likeness (QED) is 0.798. The number of aromatic carboxylic acids is 1. The highest BCUT2D eigenvalue weighted by atomic mass is 16.7. The van der Waals surface area contributed by atoms with Crippen molar-refractivity contribution in [2.45, 2.75) is 12.8 Å². The summed E-state index contributed by atoms with van der Waals surface area (Å²) in [7, 11) is 3.37. The normalized spacial score (nSPS) is 12.1. The Kier molecular flexibility index (Phi) is 4.52. The number of carboxylic acids is 1. The first kappa shape index (κ1) is 15.0. The summed E-state index contributed by atoms with van der Waals surface area (Å²) in [4.78, 5) is 24.1. The molecule has 2 rings (SSSR count). The van der Waals surface area contributed by atoms with Gasteiger partial charge in [0.05, 0.1) is 6.61 Å². The zero-order valence-corrected chi connectivity index (χ0v) is 11.9. The Balaban J connectivity index is 1.99. The van der Waals surface area contributed by atoms with Crippen molar-refractivity contribution in [3.8, 4) is 17.2 Å². The van der Waals surface area contributed by atoms with E-state index in [2.05, 4.69) is 0 Å². The second-order valence-electron chi connectivity index (χ2n) is 4.75. The van der Waals surface area contributed by atoms with Crippen molar-refractivity contribution in [1.82, 2.24) is 4.90 Å². The van der Waals surface area contributed by atoms with Crippen molar-refractivity contribution >= 4 is 11.9 Å². The molecular weight excluding hydrogens is 278 g/mol. The minimum absolute atomic E-state index is 0.00254. The Hall–Kier alpha value is -2.44. The SMILES string of the molecule is CN(C)C(=O)CCCOc1cc2c(cc1C(=O)O)OCO2. The predicted octanol–water partition coefficient (Wildman–Crippen LogP) is 1.36. The Morgan fingerprint density at radius 1 is 1.29 bits per heavy atom. The molecular formula is C14H17NO6. The van der Waals surface area contributed by atoms with Gasteiger partial charge in [-0.3, -0.25) is 4.79 Å². The van der Waals surface area contributed by atoms with Crippen molar-refractivity contribution in [1.29, 1.82) is 0 Å². The average Bonchev–Trinajstić information content (AvgIpc) is 2.89. The van der Waals surface area contributed by atoms with Gasteiger partial charge in [0.2, 0.25) is 12.7 Å². The summed E-state index contributed by atoms with van der Waals surface area (Å²) >= 11 is 0. The van der Waals surface area contributed by atoms with E-state index in [-0.39, 0.29) is 30.6 Å². The summed E-state index contributed by atoms with van der Waals surface area (Å²) in [5.74, 6) is -0.0404. The predicted molar refractivity (Wildman–Crippen MR) is 72.9 cm³/mol. The molecule has 0 spiro atoms. The molecule has 1 heterocycles. The summed E-state index contributed by atoms with van der Waals surface area (Å²) in [6.45, 7) is 0.314. The fraction of sp³-hybridized carbons (Fsp3) is 0.429. The van der Waals surface area contributed by atoms with E-state index in [1.807, 2.05) is 0 Å². The monoisotopic (exact) mass is 295 g/mol. The molecule has 1 aliphatic heterocycles. The van der Waals surface area contributed by atoms with Crippen LogP contribution < -0.4 is 14.2 Å². The van der Waals surface area contributed by atoms with Gasteiger partial charge < -0.3 is 24.2 Å². The van der Waals surface area contributed by atoms with E-state index in [1.165, 1.54) is 17.0 Å². The van der Waals surface area contributed by atoms with Gasteiger partial charge in [0.15, 0.2) is 11.5 Å². The third-order valence-corrected chi connectivity index (χ3v) is 3.00. The number of nitrogens with zero attached hydrogens (tertiary/aromatic N) is 1. The van der Waals surface area contributed by atoms with Crippen LogP contribution in [0, 0.1) is 0 Å². The van der Waals surface area contributed by atoms with Crippen molar-refractivity contribution in [3.63, 3.8) is 0 Å². The molecule has 1 amide bonds. The van der Waals surface area contributed by atoms with Crippen molar-refractivity contribution < 1.29 is 28.9 Å². The maximum absolute atomic E-state index is 11.4. The number of amides is 1. The maximum atomic E-state index is 11.4. The zero-order chi connectivity index (χ0) is 15.4. The average molecular weight is 295 g/mol. The number of carboxylic acid groups (broad SMARTS) is 1. The first-order chi connectivity index (χ1) is 9.99. The number of ether oxygens (including phenoxy) is 3. The molecule has 1 N–H and O–H groups in total. The van der Waals surface area contributed by atoms with E-state index in [9.17, 15) is 14.7 Å². The minimum atomic E-state index is -1.10. The van der Waals surface area contributed by atoms with Crippen molar-refractivity contribution in [2.24, 2.45) is 0 Å². The maximum Gasteiger partial charge on any atom is 0.339 e. The minimum Gasteiger partial charge on any atom is -0.493 e. The van der Waals surface area contributed by atoms with Crippen LogP contribution in [0.5, 0.6) is 17.2 Å². The van der Waals surface area contributed by atoms with Crippen LogP contribution in [0.25, 0.3) is 0 Å². The number of benzene rings is 1. The van der Waals surface area contributed by atoms with Gasteiger partial charge >= 0.3 is 5.97 Å². The first-order valence-electron chi connectivity index (χ1n) is 6.49. The second-order valence-corrected chi connectivity index (χ2v) is 4.75. The van der Waals surface area contributed by atoms with E-state index in [0.717, 1.165) is 0 Å². The van der Waals surface area contributed by atoms with E-state index in [4.69, 9.17) is 14.2 Å². The molecule has 7 nitrogen and oxygen atoms in total. The third-order valence-electron chi connectivity index (χ3n) is 3.00. The fourth-order valence-electron chi connectivity index (χ4n) is 1.84. The number of hydrogen-bond acceptors (Lipinski definition) is 5. The van der Waals surface area contributed by atoms with E-state index in [0.29, 0.717) is 24.3 Å². The van der Waals surface area contributed by atoms with Crippen LogP contribution in [0.4, 0.5) is 0 Å². The Morgan fingerprint density at radius 2 is 1.95 bits per heavy atom. The molecule has 0 unspecified atom stereocenters. The molecule has 0 fully saturated rings. The van der Waals surface area contributed by atoms with Gasteiger partial charge in [0, 0.05) is 32.6 Å². The highest BCUT2D eigenvalue weighted by Gasteiger charge is 2.21. The van der Waals surface area contributed by atoms with Crippen LogP contribution in [-0.2, 0) is 4.79 Å². The van der Waals surface area contributed by atoms with Gasteiger partial charge in [-0.15, -0.1) is 0 Å². The first-order valence-corrected chi connectivity index (χ1v) is 6.49. The van der Waals surface area contributed by atoms with Gasteiger partial charge in [0.25, 0.3) is 0 Å². The van der Waals surface area contributed by atoms with Gasteiger partial charge in [-0.2, -0.15) is 0 Å². The van der Waals surface area contributed by atoms with E-state index < -0.39 is 5.97 Å². The molecule has 0 bridgehead atoms. The lowest BCUT2D eigenvalue weighted by Crippen LogP contribution is -2.21.